The standard InChI is InChI=1S/C18H20Cl2N2O3/c1-12(22-6-8-24-9-7-22)11-21-18(23)17-5-4-16(25-17)14-10-13(19)2-3-15(14)20/h2-5,10,12H,6-9,11H2,1H3,(H,21,23)/t12-/m1/s1. The first kappa shape index (κ1) is 18.3. The number of furan rings is 1. The molecule has 0 unspecified atom stereocenters. The van der Waals surface area contributed by atoms with Gasteiger partial charge >= 0.3 is 0 Å². The molecule has 2 aromatic rings. The van der Waals surface area contributed by atoms with E-state index in [1.807, 2.05) is 0 Å². The quantitative estimate of drug-likeness (QED) is 0.856. The van der Waals surface area contributed by atoms with Crippen LogP contribution in [0.3, 0.4) is 0 Å². The van der Waals surface area contributed by atoms with Crippen LogP contribution in [-0.2, 0) is 4.74 Å². The van der Waals surface area contributed by atoms with E-state index in [1.165, 1.54) is 0 Å². The molecule has 1 N–H and O–H groups in total. The summed E-state index contributed by atoms with van der Waals surface area (Å²) in [5, 5.41) is 3.99. The largest absolute Gasteiger partial charge is 0.451 e. The summed E-state index contributed by atoms with van der Waals surface area (Å²) in [5.41, 5.74) is 0.662. The summed E-state index contributed by atoms with van der Waals surface area (Å²) < 4.78 is 11.0. The number of hydrogen-bond donors (Lipinski definition) is 1. The minimum atomic E-state index is -0.246. The molecule has 134 valence electrons. The van der Waals surface area contributed by atoms with E-state index < -0.39 is 0 Å². The molecular weight excluding hydrogens is 363 g/mol. The van der Waals surface area contributed by atoms with Crippen molar-refractivity contribution in [2.24, 2.45) is 0 Å². The first-order chi connectivity index (χ1) is 12.0. The molecular formula is C18H20Cl2N2O3. The zero-order chi connectivity index (χ0) is 17.8. The number of hydrogen-bond acceptors (Lipinski definition) is 4. The highest BCUT2D eigenvalue weighted by Crippen LogP contribution is 2.31. The number of carbonyl (C=O) groups is 1. The van der Waals surface area contributed by atoms with Crippen LogP contribution in [0.5, 0.6) is 0 Å². The van der Waals surface area contributed by atoms with E-state index in [2.05, 4.69) is 17.1 Å². The number of benzene rings is 1. The van der Waals surface area contributed by atoms with E-state index in [9.17, 15) is 4.79 Å². The number of rotatable bonds is 5. The third-order valence-corrected chi connectivity index (χ3v) is 4.82. The minimum Gasteiger partial charge on any atom is -0.451 e. The Hall–Kier alpha value is -1.53. The molecule has 2 heterocycles. The van der Waals surface area contributed by atoms with E-state index >= 15 is 0 Å². The molecule has 1 aliphatic rings. The average Bonchev–Trinajstić information content (AvgIpc) is 3.12. The van der Waals surface area contributed by atoms with Crippen molar-refractivity contribution in [2.45, 2.75) is 13.0 Å². The van der Waals surface area contributed by atoms with Crippen molar-refractivity contribution in [3.05, 3.63) is 46.1 Å². The van der Waals surface area contributed by atoms with Crippen molar-refractivity contribution in [1.29, 1.82) is 0 Å². The number of amides is 1. The molecule has 0 aliphatic carbocycles. The second kappa shape index (κ2) is 8.23. The highest BCUT2D eigenvalue weighted by atomic mass is 35.5. The van der Waals surface area contributed by atoms with E-state index in [4.69, 9.17) is 32.4 Å². The number of ether oxygens (including phenoxy) is 1. The molecule has 25 heavy (non-hydrogen) atoms. The van der Waals surface area contributed by atoms with Gasteiger partial charge in [-0.15, -0.1) is 0 Å². The molecule has 1 atom stereocenters. The summed E-state index contributed by atoms with van der Waals surface area (Å²) in [6.45, 7) is 5.88. The van der Waals surface area contributed by atoms with Crippen LogP contribution in [0.15, 0.2) is 34.7 Å². The molecule has 1 amide bonds. The summed E-state index contributed by atoms with van der Waals surface area (Å²) in [6, 6.07) is 8.72. The molecule has 3 rings (SSSR count). The van der Waals surface area contributed by atoms with Crippen LogP contribution in [0.2, 0.25) is 10.0 Å². The SMILES string of the molecule is C[C@H](CNC(=O)c1ccc(-c2cc(Cl)ccc2Cl)o1)N1CCOCC1. The molecule has 1 fully saturated rings. The molecule has 1 saturated heterocycles. The van der Waals surface area contributed by atoms with Gasteiger partial charge in [0.15, 0.2) is 5.76 Å². The van der Waals surface area contributed by atoms with Crippen LogP contribution in [0.4, 0.5) is 0 Å². The van der Waals surface area contributed by atoms with Crippen molar-refractivity contribution < 1.29 is 13.9 Å². The van der Waals surface area contributed by atoms with Crippen molar-refractivity contribution in [2.75, 3.05) is 32.8 Å². The fraction of sp³-hybridized carbons (Fsp3) is 0.389. The average molecular weight is 383 g/mol. The Kier molecular flexibility index (Phi) is 6.02. The fourth-order valence-corrected chi connectivity index (χ4v) is 3.15. The lowest BCUT2D eigenvalue weighted by Crippen LogP contribution is -2.47. The van der Waals surface area contributed by atoms with Crippen LogP contribution >= 0.6 is 23.2 Å². The molecule has 1 aromatic heterocycles. The maximum Gasteiger partial charge on any atom is 0.287 e. The third kappa shape index (κ3) is 4.55. The van der Waals surface area contributed by atoms with Gasteiger partial charge in [0.25, 0.3) is 5.91 Å². The minimum absolute atomic E-state index is 0.240. The van der Waals surface area contributed by atoms with Gasteiger partial charge in [-0.1, -0.05) is 23.2 Å². The molecule has 0 bridgehead atoms. The number of carbonyl (C=O) groups excluding carboxylic acids is 1. The maximum absolute atomic E-state index is 12.3. The van der Waals surface area contributed by atoms with Gasteiger partial charge < -0.3 is 14.5 Å². The zero-order valence-electron chi connectivity index (χ0n) is 13.9. The lowest BCUT2D eigenvalue weighted by molar-refractivity contribution is 0.0203. The summed E-state index contributed by atoms with van der Waals surface area (Å²) >= 11 is 12.2. The monoisotopic (exact) mass is 382 g/mol. The van der Waals surface area contributed by atoms with Gasteiger partial charge in [0, 0.05) is 36.3 Å². The highest BCUT2D eigenvalue weighted by molar-refractivity contribution is 6.35. The third-order valence-electron chi connectivity index (χ3n) is 4.25. The predicted molar refractivity (Wildman–Crippen MR) is 98.4 cm³/mol. The van der Waals surface area contributed by atoms with E-state index in [1.54, 1.807) is 30.3 Å². The van der Waals surface area contributed by atoms with Crippen LogP contribution in [-0.4, -0.2) is 49.7 Å². The summed E-state index contributed by atoms with van der Waals surface area (Å²) in [6.07, 6.45) is 0. The van der Waals surface area contributed by atoms with Gasteiger partial charge in [0.2, 0.25) is 0 Å². The van der Waals surface area contributed by atoms with Crippen molar-refractivity contribution in [1.82, 2.24) is 10.2 Å². The topological polar surface area (TPSA) is 54.7 Å². The molecule has 1 aliphatic heterocycles. The van der Waals surface area contributed by atoms with Gasteiger partial charge in [-0.3, -0.25) is 9.69 Å². The van der Waals surface area contributed by atoms with Gasteiger partial charge in [0.05, 0.1) is 18.2 Å². The van der Waals surface area contributed by atoms with E-state index in [0.717, 1.165) is 26.3 Å². The van der Waals surface area contributed by atoms with Gasteiger partial charge in [-0.25, -0.2) is 0 Å². The number of halogens is 2. The lowest BCUT2D eigenvalue weighted by Gasteiger charge is -2.32. The first-order valence-electron chi connectivity index (χ1n) is 8.20. The molecule has 0 saturated carbocycles. The Labute approximate surface area is 156 Å². The summed E-state index contributed by atoms with van der Waals surface area (Å²) in [4.78, 5) is 14.6. The lowest BCUT2D eigenvalue weighted by atomic mass is 10.2. The molecule has 1 aromatic carbocycles. The maximum atomic E-state index is 12.3. The number of nitrogens with one attached hydrogen (secondary N) is 1. The Morgan fingerprint density at radius 1 is 1.24 bits per heavy atom. The Bertz CT molecular complexity index is 742. The number of morpholine rings is 1. The van der Waals surface area contributed by atoms with Gasteiger partial charge in [-0.2, -0.15) is 0 Å². The van der Waals surface area contributed by atoms with Crippen LogP contribution in [0, 0.1) is 0 Å². The van der Waals surface area contributed by atoms with Gasteiger partial charge in [-0.05, 0) is 37.3 Å². The van der Waals surface area contributed by atoms with Crippen molar-refractivity contribution >= 4 is 29.1 Å². The van der Waals surface area contributed by atoms with Crippen LogP contribution < -0.4 is 5.32 Å². The first-order valence-corrected chi connectivity index (χ1v) is 8.95. The second-order valence-electron chi connectivity index (χ2n) is 6.00. The van der Waals surface area contributed by atoms with Crippen LogP contribution in [0.1, 0.15) is 17.5 Å². The second-order valence-corrected chi connectivity index (χ2v) is 6.84. The molecule has 5 nitrogen and oxygen atoms in total. The van der Waals surface area contributed by atoms with Crippen LogP contribution in [0.25, 0.3) is 11.3 Å². The van der Waals surface area contributed by atoms with Crippen molar-refractivity contribution in [3.8, 4) is 11.3 Å². The van der Waals surface area contributed by atoms with E-state index in [-0.39, 0.29) is 17.7 Å². The molecule has 0 spiro atoms. The highest BCUT2D eigenvalue weighted by Gasteiger charge is 2.19. The molecule has 7 heteroatoms. The Morgan fingerprint density at radius 2 is 2.00 bits per heavy atom. The normalized spacial score (nSPS) is 16.6. The summed E-state index contributed by atoms with van der Waals surface area (Å²) in [7, 11) is 0. The molecule has 0 radical (unpaired) electrons. The van der Waals surface area contributed by atoms with Crippen molar-refractivity contribution in [3.63, 3.8) is 0 Å². The zero-order valence-corrected chi connectivity index (χ0v) is 15.4. The van der Waals surface area contributed by atoms with Gasteiger partial charge in [0.1, 0.15) is 5.76 Å². The fourth-order valence-electron chi connectivity index (χ4n) is 2.77. The summed E-state index contributed by atoms with van der Waals surface area (Å²) in [5.74, 6) is 0.517. The Morgan fingerprint density at radius 3 is 2.76 bits per heavy atom. The smallest absolute Gasteiger partial charge is 0.287 e. The van der Waals surface area contributed by atoms with E-state index in [0.29, 0.717) is 27.9 Å². The Balaban J connectivity index is 1.61. The number of nitrogens with zero attached hydrogens (tertiary/aromatic N) is 1. The predicted octanol–water partition coefficient (Wildman–Crippen LogP) is 3.70.